The summed E-state index contributed by atoms with van der Waals surface area (Å²) >= 11 is 1.32. The number of aromatic nitrogens is 4. The Bertz CT molecular complexity index is 314. The maximum atomic E-state index is 10.7. The highest BCUT2D eigenvalue weighted by Gasteiger charge is 2.16. The normalized spacial score (nSPS) is 12.7. The van der Waals surface area contributed by atoms with Crippen LogP contribution in [0, 0.1) is 0 Å². The number of carbonyl (C=O) groups is 1. The Hall–Kier alpha value is -1.11. The molecule has 1 N–H and O–H groups in total. The molecule has 0 saturated carbocycles. The van der Waals surface area contributed by atoms with Crippen LogP contribution in [0.3, 0.4) is 0 Å². The van der Waals surface area contributed by atoms with Crippen molar-refractivity contribution in [3.05, 3.63) is 5.82 Å². The van der Waals surface area contributed by atoms with Gasteiger partial charge in [-0.2, -0.15) is 4.80 Å². The Kier molecular flexibility index (Phi) is 3.87. The van der Waals surface area contributed by atoms with Gasteiger partial charge >= 0.3 is 5.97 Å². The van der Waals surface area contributed by atoms with E-state index in [1.165, 1.54) is 16.6 Å². The predicted molar refractivity (Wildman–Crippen MR) is 51.8 cm³/mol. The lowest BCUT2D eigenvalue weighted by atomic mass is 10.3. The first-order valence-electron chi connectivity index (χ1n) is 4.20. The van der Waals surface area contributed by atoms with E-state index in [1.54, 1.807) is 7.05 Å². The highest BCUT2D eigenvalue weighted by Crippen LogP contribution is 2.18. The van der Waals surface area contributed by atoms with Gasteiger partial charge in [-0.1, -0.05) is 6.92 Å². The lowest BCUT2D eigenvalue weighted by Gasteiger charge is -2.06. The minimum absolute atomic E-state index is 0.390. The SMILES string of the molecule is CCC(SCc1nnn(C)n1)C(=O)O. The third-order valence-corrected chi connectivity index (χ3v) is 2.97. The number of nitrogens with zero attached hydrogens (tertiary/aromatic N) is 4. The predicted octanol–water partition coefficient (Wildman–Crippen LogP) is 0.306. The molecule has 7 heteroatoms. The monoisotopic (exact) mass is 216 g/mol. The Morgan fingerprint density at radius 2 is 2.43 bits per heavy atom. The van der Waals surface area contributed by atoms with E-state index in [0.29, 0.717) is 18.0 Å². The molecule has 0 aliphatic carbocycles. The molecule has 0 aliphatic heterocycles. The van der Waals surface area contributed by atoms with E-state index in [4.69, 9.17) is 5.11 Å². The summed E-state index contributed by atoms with van der Waals surface area (Å²) in [5.41, 5.74) is 0. The summed E-state index contributed by atoms with van der Waals surface area (Å²) in [5.74, 6) is 0.261. The van der Waals surface area contributed by atoms with Gasteiger partial charge in [0.1, 0.15) is 5.25 Å². The first-order valence-corrected chi connectivity index (χ1v) is 5.25. The zero-order chi connectivity index (χ0) is 10.6. The molecule has 0 bridgehead atoms. The lowest BCUT2D eigenvalue weighted by molar-refractivity contribution is -0.136. The molecular formula is C7H12N4O2S. The smallest absolute Gasteiger partial charge is 0.316 e. The van der Waals surface area contributed by atoms with Gasteiger partial charge in [-0.25, -0.2) is 0 Å². The van der Waals surface area contributed by atoms with Gasteiger partial charge < -0.3 is 5.11 Å². The van der Waals surface area contributed by atoms with E-state index in [0.717, 1.165) is 0 Å². The van der Waals surface area contributed by atoms with Crippen LogP contribution in [0.4, 0.5) is 0 Å². The van der Waals surface area contributed by atoms with E-state index in [-0.39, 0.29) is 5.25 Å². The van der Waals surface area contributed by atoms with Crippen molar-refractivity contribution in [2.45, 2.75) is 24.3 Å². The fourth-order valence-corrected chi connectivity index (χ4v) is 1.76. The van der Waals surface area contributed by atoms with Crippen molar-refractivity contribution < 1.29 is 9.90 Å². The largest absolute Gasteiger partial charge is 0.480 e. The summed E-state index contributed by atoms with van der Waals surface area (Å²) in [6.45, 7) is 1.84. The third kappa shape index (κ3) is 2.99. The van der Waals surface area contributed by atoms with Crippen molar-refractivity contribution in [1.82, 2.24) is 20.2 Å². The molecule has 0 aliphatic rings. The average Bonchev–Trinajstić information content (AvgIpc) is 2.52. The molecule has 1 rings (SSSR count). The zero-order valence-electron chi connectivity index (χ0n) is 8.04. The summed E-state index contributed by atoms with van der Waals surface area (Å²) in [5, 5.41) is 19.8. The van der Waals surface area contributed by atoms with Crippen molar-refractivity contribution in [3.8, 4) is 0 Å². The number of rotatable bonds is 5. The number of carboxylic acids is 1. The first kappa shape index (κ1) is 11.0. The quantitative estimate of drug-likeness (QED) is 0.762. The van der Waals surface area contributed by atoms with Gasteiger partial charge in [-0.15, -0.1) is 22.0 Å². The average molecular weight is 216 g/mol. The number of thioether (sulfide) groups is 1. The van der Waals surface area contributed by atoms with Crippen LogP contribution in [-0.4, -0.2) is 36.5 Å². The fourth-order valence-electron chi connectivity index (χ4n) is 0.920. The van der Waals surface area contributed by atoms with Gasteiger partial charge in [0.05, 0.1) is 12.8 Å². The van der Waals surface area contributed by atoms with Gasteiger partial charge in [0.25, 0.3) is 0 Å². The molecule has 0 spiro atoms. The van der Waals surface area contributed by atoms with E-state index < -0.39 is 5.97 Å². The topological polar surface area (TPSA) is 80.9 Å². The van der Waals surface area contributed by atoms with Crippen molar-refractivity contribution >= 4 is 17.7 Å². The maximum absolute atomic E-state index is 10.7. The molecule has 78 valence electrons. The van der Waals surface area contributed by atoms with E-state index in [9.17, 15) is 4.79 Å². The molecule has 1 aromatic rings. The zero-order valence-corrected chi connectivity index (χ0v) is 8.86. The standard InChI is InChI=1S/C7H12N4O2S/c1-3-5(7(12)13)14-4-6-8-10-11(2)9-6/h5H,3-4H2,1-2H3,(H,12,13). The summed E-state index contributed by atoms with van der Waals surface area (Å²) in [6.07, 6.45) is 0.597. The van der Waals surface area contributed by atoms with Gasteiger partial charge in [0, 0.05) is 0 Å². The molecule has 1 aromatic heterocycles. The van der Waals surface area contributed by atoms with Gasteiger partial charge in [0.2, 0.25) is 0 Å². The van der Waals surface area contributed by atoms with Crippen LogP contribution in [-0.2, 0) is 17.6 Å². The van der Waals surface area contributed by atoms with Crippen LogP contribution in [0.25, 0.3) is 0 Å². The van der Waals surface area contributed by atoms with Crippen molar-refractivity contribution in [2.75, 3.05) is 0 Å². The minimum Gasteiger partial charge on any atom is -0.480 e. The van der Waals surface area contributed by atoms with E-state index in [1.807, 2.05) is 6.92 Å². The molecule has 1 unspecified atom stereocenters. The van der Waals surface area contributed by atoms with E-state index >= 15 is 0 Å². The third-order valence-electron chi connectivity index (χ3n) is 1.61. The van der Waals surface area contributed by atoms with Crippen LogP contribution < -0.4 is 0 Å². The van der Waals surface area contributed by atoms with Crippen LogP contribution >= 0.6 is 11.8 Å². The van der Waals surface area contributed by atoms with Crippen LogP contribution in [0.15, 0.2) is 0 Å². The van der Waals surface area contributed by atoms with Gasteiger partial charge in [0.15, 0.2) is 5.82 Å². The number of tetrazole rings is 1. The molecule has 0 aromatic carbocycles. The van der Waals surface area contributed by atoms with Crippen molar-refractivity contribution in [3.63, 3.8) is 0 Å². The van der Waals surface area contributed by atoms with Gasteiger partial charge in [-0.3, -0.25) is 4.79 Å². The molecule has 1 atom stereocenters. The number of hydrogen-bond donors (Lipinski definition) is 1. The van der Waals surface area contributed by atoms with Gasteiger partial charge in [-0.05, 0) is 11.6 Å². The van der Waals surface area contributed by atoms with E-state index in [2.05, 4.69) is 15.4 Å². The Morgan fingerprint density at radius 1 is 1.71 bits per heavy atom. The summed E-state index contributed by atoms with van der Waals surface area (Å²) in [7, 11) is 1.68. The van der Waals surface area contributed by atoms with Crippen LogP contribution in [0.2, 0.25) is 0 Å². The lowest BCUT2D eigenvalue weighted by Crippen LogP contribution is -2.15. The molecule has 0 fully saturated rings. The highest BCUT2D eigenvalue weighted by atomic mass is 32.2. The molecule has 6 nitrogen and oxygen atoms in total. The highest BCUT2D eigenvalue weighted by molar-refractivity contribution is 7.99. The molecule has 1 heterocycles. The second-order valence-electron chi connectivity index (χ2n) is 2.74. The summed E-state index contributed by atoms with van der Waals surface area (Å²) in [4.78, 5) is 12.0. The minimum atomic E-state index is -0.790. The molecule has 0 radical (unpaired) electrons. The Balaban J connectivity index is 2.43. The number of carboxylic acid groups (broad SMARTS) is 1. The number of aryl methyl sites for hydroxylation is 1. The van der Waals surface area contributed by atoms with Crippen LogP contribution in [0.5, 0.6) is 0 Å². The molecule has 0 amide bonds. The first-order chi connectivity index (χ1) is 6.63. The second kappa shape index (κ2) is 4.94. The fraction of sp³-hybridized carbons (Fsp3) is 0.714. The molecular weight excluding hydrogens is 204 g/mol. The Morgan fingerprint density at radius 3 is 2.86 bits per heavy atom. The number of aliphatic carboxylic acids is 1. The summed E-state index contributed by atoms with van der Waals surface area (Å²) in [6, 6.07) is 0. The van der Waals surface area contributed by atoms with Crippen LogP contribution in [0.1, 0.15) is 19.2 Å². The summed E-state index contributed by atoms with van der Waals surface area (Å²) < 4.78 is 0. The Labute approximate surface area is 85.7 Å². The van der Waals surface area contributed by atoms with Crippen molar-refractivity contribution in [2.24, 2.45) is 7.05 Å². The molecule has 0 saturated heterocycles. The molecule has 14 heavy (non-hydrogen) atoms. The second-order valence-corrected chi connectivity index (χ2v) is 3.93. The maximum Gasteiger partial charge on any atom is 0.316 e. The van der Waals surface area contributed by atoms with Crippen molar-refractivity contribution in [1.29, 1.82) is 0 Å². The number of hydrogen-bond acceptors (Lipinski definition) is 5.